The standard InChI is InChI=1S/C26H27N5O2/c1-5-24(32)31-21-9-17(13-28-16(2)3)8-19(10-21)20-11-22-23(15-30-26(22)29-14-20)18-6-7-27-25(12-18)33-4/h5-12,14-16,28H,1,13H2,2-4H3,(H,29,30)(H,31,32). The van der Waals surface area contributed by atoms with Crippen LogP contribution in [0.1, 0.15) is 19.4 Å². The summed E-state index contributed by atoms with van der Waals surface area (Å²) in [5, 5.41) is 7.30. The van der Waals surface area contributed by atoms with Gasteiger partial charge in [0.05, 0.1) is 7.11 Å². The first-order chi connectivity index (χ1) is 16.0. The third-order valence-electron chi connectivity index (χ3n) is 5.28. The van der Waals surface area contributed by atoms with Crippen LogP contribution in [0.4, 0.5) is 5.69 Å². The van der Waals surface area contributed by atoms with Gasteiger partial charge >= 0.3 is 0 Å². The molecule has 1 amide bonds. The van der Waals surface area contributed by atoms with Gasteiger partial charge in [-0.2, -0.15) is 0 Å². The number of amides is 1. The predicted molar refractivity (Wildman–Crippen MR) is 132 cm³/mol. The van der Waals surface area contributed by atoms with Crippen molar-refractivity contribution in [2.24, 2.45) is 0 Å². The lowest BCUT2D eigenvalue weighted by Crippen LogP contribution is -2.22. The Kier molecular flexibility index (Phi) is 6.51. The van der Waals surface area contributed by atoms with Crippen LogP contribution >= 0.6 is 0 Å². The van der Waals surface area contributed by atoms with Gasteiger partial charge in [-0.3, -0.25) is 4.79 Å². The molecule has 0 atom stereocenters. The van der Waals surface area contributed by atoms with Gasteiger partial charge in [0, 0.05) is 59.4 Å². The maximum Gasteiger partial charge on any atom is 0.247 e. The molecule has 0 saturated carbocycles. The second-order valence-corrected chi connectivity index (χ2v) is 8.06. The monoisotopic (exact) mass is 441 g/mol. The molecule has 0 aliphatic rings. The molecule has 0 aliphatic carbocycles. The first kappa shape index (κ1) is 22.2. The Morgan fingerprint density at radius 2 is 2.00 bits per heavy atom. The number of anilines is 1. The van der Waals surface area contributed by atoms with Crippen molar-refractivity contribution in [1.29, 1.82) is 0 Å². The van der Waals surface area contributed by atoms with Crippen LogP contribution in [0.2, 0.25) is 0 Å². The number of pyridine rings is 2. The van der Waals surface area contributed by atoms with Gasteiger partial charge in [-0.15, -0.1) is 0 Å². The van der Waals surface area contributed by atoms with E-state index in [2.05, 4.69) is 58.1 Å². The first-order valence-electron chi connectivity index (χ1n) is 10.8. The van der Waals surface area contributed by atoms with Gasteiger partial charge in [0.2, 0.25) is 11.8 Å². The predicted octanol–water partition coefficient (Wildman–Crippen LogP) is 4.92. The summed E-state index contributed by atoms with van der Waals surface area (Å²) in [5.74, 6) is 0.307. The lowest BCUT2D eigenvalue weighted by molar-refractivity contribution is -0.111. The van der Waals surface area contributed by atoms with Crippen molar-refractivity contribution >= 4 is 22.6 Å². The minimum absolute atomic E-state index is 0.247. The van der Waals surface area contributed by atoms with Crippen molar-refractivity contribution in [1.82, 2.24) is 20.3 Å². The Morgan fingerprint density at radius 1 is 1.15 bits per heavy atom. The van der Waals surface area contributed by atoms with Gasteiger partial charge in [0.15, 0.2) is 0 Å². The zero-order chi connectivity index (χ0) is 23.4. The molecule has 4 aromatic rings. The highest BCUT2D eigenvalue weighted by Crippen LogP contribution is 2.33. The fraction of sp³-hybridized carbons (Fsp3) is 0.192. The smallest absolute Gasteiger partial charge is 0.247 e. The van der Waals surface area contributed by atoms with Crippen LogP contribution in [0.25, 0.3) is 33.3 Å². The number of aromatic amines is 1. The Labute approximate surface area is 192 Å². The molecule has 0 aliphatic heterocycles. The van der Waals surface area contributed by atoms with E-state index in [0.717, 1.165) is 38.9 Å². The number of nitrogens with one attached hydrogen (secondary N) is 3. The van der Waals surface area contributed by atoms with Crippen LogP contribution in [0.15, 0.2) is 67.6 Å². The molecule has 0 bridgehead atoms. The number of fused-ring (bicyclic) bond motifs is 1. The number of methoxy groups -OCH3 is 1. The van der Waals surface area contributed by atoms with Gasteiger partial charge in [-0.1, -0.05) is 20.4 Å². The summed E-state index contributed by atoms with van der Waals surface area (Å²) in [5.41, 5.74) is 6.48. The number of benzene rings is 1. The van der Waals surface area contributed by atoms with E-state index in [0.29, 0.717) is 24.2 Å². The van der Waals surface area contributed by atoms with E-state index in [9.17, 15) is 4.79 Å². The summed E-state index contributed by atoms with van der Waals surface area (Å²) in [4.78, 5) is 24.0. The quantitative estimate of drug-likeness (QED) is 0.338. The summed E-state index contributed by atoms with van der Waals surface area (Å²) >= 11 is 0. The zero-order valence-corrected chi connectivity index (χ0v) is 19.0. The Morgan fingerprint density at radius 3 is 2.76 bits per heavy atom. The number of carbonyl (C=O) groups is 1. The van der Waals surface area contributed by atoms with Crippen molar-refractivity contribution in [2.45, 2.75) is 26.4 Å². The molecule has 0 spiro atoms. The second-order valence-electron chi connectivity index (χ2n) is 8.06. The van der Waals surface area contributed by atoms with Crippen molar-refractivity contribution in [3.8, 4) is 28.1 Å². The molecule has 7 nitrogen and oxygen atoms in total. The molecule has 0 unspecified atom stereocenters. The molecule has 168 valence electrons. The summed E-state index contributed by atoms with van der Waals surface area (Å²) in [6.45, 7) is 8.43. The molecular weight excluding hydrogens is 414 g/mol. The summed E-state index contributed by atoms with van der Waals surface area (Å²) in [6, 6.07) is 12.3. The van der Waals surface area contributed by atoms with Crippen molar-refractivity contribution < 1.29 is 9.53 Å². The van der Waals surface area contributed by atoms with E-state index in [4.69, 9.17) is 4.74 Å². The Balaban J connectivity index is 1.78. The lowest BCUT2D eigenvalue weighted by Gasteiger charge is -2.13. The number of ether oxygens (including phenoxy) is 1. The number of H-pyrrole nitrogens is 1. The Hall–Kier alpha value is -3.97. The largest absolute Gasteiger partial charge is 0.481 e. The molecule has 3 N–H and O–H groups in total. The van der Waals surface area contributed by atoms with Crippen LogP contribution in [0.5, 0.6) is 5.88 Å². The SMILES string of the molecule is C=CC(=O)Nc1cc(CNC(C)C)cc(-c2cnc3[nH]cc(-c4ccnc(OC)c4)c3c2)c1. The summed E-state index contributed by atoms with van der Waals surface area (Å²) in [7, 11) is 1.60. The van der Waals surface area contributed by atoms with Crippen LogP contribution in [-0.2, 0) is 11.3 Å². The normalized spacial score (nSPS) is 11.0. The Bertz CT molecular complexity index is 1310. The maximum atomic E-state index is 11.9. The van der Waals surface area contributed by atoms with E-state index in [1.165, 1.54) is 6.08 Å². The van der Waals surface area contributed by atoms with Crippen LogP contribution in [-0.4, -0.2) is 34.0 Å². The number of hydrogen-bond donors (Lipinski definition) is 3. The van der Waals surface area contributed by atoms with Crippen molar-refractivity contribution in [2.75, 3.05) is 12.4 Å². The second kappa shape index (κ2) is 9.67. The first-order valence-corrected chi connectivity index (χ1v) is 10.8. The third-order valence-corrected chi connectivity index (χ3v) is 5.28. The van der Waals surface area contributed by atoms with E-state index in [-0.39, 0.29) is 5.91 Å². The number of hydrogen-bond acceptors (Lipinski definition) is 5. The van der Waals surface area contributed by atoms with E-state index in [1.807, 2.05) is 36.7 Å². The number of carbonyl (C=O) groups excluding carboxylic acids is 1. The number of rotatable bonds is 8. The maximum absolute atomic E-state index is 11.9. The van der Waals surface area contributed by atoms with Gasteiger partial charge < -0.3 is 20.4 Å². The molecule has 0 saturated heterocycles. The lowest BCUT2D eigenvalue weighted by atomic mass is 10.0. The summed E-state index contributed by atoms with van der Waals surface area (Å²) in [6.07, 6.45) is 6.77. The van der Waals surface area contributed by atoms with E-state index >= 15 is 0 Å². The van der Waals surface area contributed by atoms with Crippen molar-refractivity contribution in [3.63, 3.8) is 0 Å². The molecule has 0 radical (unpaired) electrons. The molecule has 0 fully saturated rings. The molecule has 3 aromatic heterocycles. The highest BCUT2D eigenvalue weighted by Gasteiger charge is 2.12. The van der Waals surface area contributed by atoms with Gasteiger partial charge in [0.25, 0.3) is 0 Å². The van der Waals surface area contributed by atoms with E-state index < -0.39 is 0 Å². The average molecular weight is 442 g/mol. The van der Waals surface area contributed by atoms with E-state index in [1.54, 1.807) is 13.3 Å². The minimum atomic E-state index is -0.247. The minimum Gasteiger partial charge on any atom is -0.481 e. The number of nitrogens with zero attached hydrogens (tertiary/aromatic N) is 2. The van der Waals surface area contributed by atoms with Crippen LogP contribution in [0, 0.1) is 0 Å². The zero-order valence-electron chi connectivity index (χ0n) is 19.0. The fourth-order valence-electron chi connectivity index (χ4n) is 3.64. The van der Waals surface area contributed by atoms with Crippen LogP contribution < -0.4 is 15.4 Å². The number of aromatic nitrogens is 3. The van der Waals surface area contributed by atoms with Gasteiger partial charge in [0.1, 0.15) is 5.65 Å². The average Bonchev–Trinajstić information content (AvgIpc) is 3.26. The molecule has 1 aromatic carbocycles. The molecule has 7 heteroatoms. The van der Waals surface area contributed by atoms with Gasteiger partial charge in [-0.25, -0.2) is 9.97 Å². The highest BCUT2D eigenvalue weighted by atomic mass is 16.5. The fourth-order valence-corrected chi connectivity index (χ4v) is 3.64. The highest BCUT2D eigenvalue weighted by molar-refractivity contribution is 6.00. The molecule has 3 heterocycles. The molecule has 33 heavy (non-hydrogen) atoms. The summed E-state index contributed by atoms with van der Waals surface area (Å²) < 4.78 is 5.28. The third kappa shape index (κ3) is 5.10. The van der Waals surface area contributed by atoms with Crippen molar-refractivity contribution in [3.05, 3.63) is 73.2 Å². The molecular formula is C26H27N5O2. The van der Waals surface area contributed by atoms with Crippen LogP contribution in [0.3, 0.4) is 0 Å². The van der Waals surface area contributed by atoms with Gasteiger partial charge in [-0.05, 0) is 53.1 Å². The topological polar surface area (TPSA) is 91.9 Å². The molecule has 4 rings (SSSR count).